The second kappa shape index (κ2) is 11.4. The lowest BCUT2D eigenvalue weighted by atomic mass is 9.87. The molecule has 1 N–H and O–H groups in total. The molecule has 0 unspecified atom stereocenters. The van der Waals surface area contributed by atoms with Crippen LogP contribution in [0.1, 0.15) is 31.2 Å². The Morgan fingerprint density at radius 1 is 1.15 bits per heavy atom. The van der Waals surface area contributed by atoms with Gasteiger partial charge in [-0.05, 0) is 74.3 Å². The highest BCUT2D eigenvalue weighted by Crippen LogP contribution is 2.34. The molecule has 0 spiro atoms. The van der Waals surface area contributed by atoms with Gasteiger partial charge in [0.15, 0.2) is 5.75 Å². The van der Waals surface area contributed by atoms with Gasteiger partial charge in [-0.3, -0.25) is 4.72 Å². The van der Waals surface area contributed by atoms with E-state index in [0.29, 0.717) is 40.8 Å². The van der Waals surface area contributed by atoms with E-state index in [2.05, 4.69) is 23.1 Å². The van der Waals surface area contributed by atoms with Gasteiger partial charge >= 0.3 is 0 Å². The van der Waals surface area contributed by atoms with Crippen molar-refractivity contribution in [3.8, 4) is 23.3 Å². The lowest BCUT2D eigenvalue weighted by Gasteiger charge is -2.28. The van der Waals surface area contributed by atoms with Gasteiger partial charge in [-0.1, -0.05) is 23.5 Å². The standard InChI is InChI=1S/C25H27Cl2N3O2S/c1-33-29-20-4-2-17(3-5-20)16-32-22-6-7-24-18(13-22)8-10-30(24)21-12-19(15-28)25(23(27)14-21)31-11-9-26/h6-8,10,12-14,17,20,29H,2-5,9,11,16H2,1H3. The third-order valence-electron chi connectivity index (χ3n) is 6.03. The Hall–Kier alpha value is -2.04. The van der Waals surface area contributed by atoms with Crippen molar-refractivity contribution in [1.82, 2.24) is 9.29 Å². The molecule has 0 radical (unpaired) electrons. The van der Waals surface area contributed by atoms with Crippen LogP contribution in [0, 0.1) is 17.2 Å². The molecule has 1 fully saturated rings. The number of benzene rings is 2. The van der Waals surface area contributed by atoms with Crippen LogP contribution in [0.2, 0.25) is 5.02 Å². The number of ether oxygens (including phenoxy) is 2. The molecule has 4 rings (SSSR count). The zero-order valence-corrected chi connectivity index (χ0v) is 20.8. The van der Waals surface area contributed by atoms with Crippen LogP contribution in [0.25, 0.3) is 16.6 Å². The van der Waals surface area contributed by atoms with Crippen molar-refractivity contribution >= 4 is 46.1 Å². The monoisotopic (exact) mass is 503 g/mol. The Morgan fingerprint density at radius 2 is 1.97 bits per heavy atom. The number of fused-ring (bicyclic) bond motifs is 1. The Bertz CT molecular complexity index is 1140. The molecule has 1 heterocycles. The molecule has 1 saturated carbocycles. The molecule has 1 aromatic heterocycles. The minimum Gasteiger partial charge on any atom is -0.493 e. The number of halogens is 2. The maximum atomic E-state index is 9.57. The quantitative estimate of drug-likeness (QED) is 0.264. The first-order valence-corrected chi connectivity index (χ1v) is 13.2. The molecule has 0 saturated heterocycles. The maximum Gasteiger partial charge on any atom is 0.155 e. The molecule has 1 aliphatic rings. The lowest BCUT2D eigenvalue weighted by molar-refractivity contribution is 0.198. The first kappa shape index (κ1) is 24.1. The van der Waals surface area contributed by atoms with E-state index in [4.69, 9.17) is 32.7 Å². The largest absolute Gasteiger partial charge is 0.493 e. The Morgan fingerprint density at radius 3 is 2.70 bits per heavy atom. The van der Waals surface area contributed by atoms with Gasteiger partial charge in [-0.2, -0.15) is 5.26 Å². The van der Waals surface area contributed by atoms with Gasteiger partial charge in [0.05, 0.1) is 28.6 Å². The zero-order chi connectivity index (χ0) is 23.2. The summed E-state index contributed by atoms with van der Waals surface area (Å²) < 4.78 is 17.2. The summed E-state index contributed by atoms with van der Waals surface area (Å²) in [5.41, 5.74) is 2.20. The van der Waals surface area contributed by atoms with E-state index in [9.17, 15) is 5.26 Å². The summed E-state index contributed by atoms with van der Waals surface area (Å²) in [4.78, 5) is 0. The molecular formula is C25H27Cl2N3O2S. The normalized spacial score (nSPS) is 18.2. The fourth-order valence-electron chi connectivity index (χ4n) is 4.35. The highest BCUT2D eigenvalue weighted by Gasteiger charge is 2.21. The summed E-state index contributed by atoms with van der Waals surface area (Å²) in [6, 6.07) is 14.5. The third kappa shape index (κ3) is 5.73. The molecule has 174 valence electrons. The number of alkyl halides is 1. The van der Waals surface area contributed by atoms with Crippen molar-refractivity contribution in [3.05, 3.63) is 53.2 Å². The van der Waals surface area contributed by atoms with Crippen molar-refractivity contribution < 1.29 is 9.47 Å². The van der Waals surface area contributed by atoms with E-state index >= 15 is 0 Å². The first-order valence-electron chi connectivity index (χ1n) is 11.1. The lowest BCUT2D eigenvalue weighted by Crippen LogP contribution is -2.30. The minimum atomic E-state index is 0.292. The van der Waals surface area contributed by atoms with Crippen LogP contribution < -0.4 is 14.2 Å². The van der Waals surface area contributed by atoms with Crippen molar-refractivity contribution in [2.24, 2.45) is 5.92 Å². The predicted octanol–water partition coefficient (Wildman–Crippen LogP) is 6.58. The minimum absolute atomic E-state index is 0.292. The Balaban J connectivity index is 1.47. The van der Waals surface area contributed by atoms with Crippen molar-refractivity contribution in [3.63, 3.8) is 0 Å². The molecule has 0 bridgehead atoms. The predicted molar refractivity (Wildman–Crippen MR) is 137 cm³/mol. The number of nitriles is 1. The molecule has 33 heavy (non-hydrogen) atoms. The smallest absolute Gasteiger partial charge is 0.155 e. The number of nitrogens with one attached hydrogen (secondary N) is 1. The molecule has 5 nitrogen and oxygen atoms in total. The van der Waals surface area contributed by atoms with Crippen molar-refractivity contribution in [2.45, 2.75) is 31.7 Å². The van der Waals surface area contributed by atoms with E-state index in [-0.39, 0.29) is 0 Å². The highest BCUT2D eigenvalue weighted by atomic mass is 35.5. The number of rotatable bonds is 9. The SMILES string of the molecule is CSNC1CCC(COc2ccc3c(ccn3-c3cc(Cl)c(OCCCl)c(C#N)c3)c2)CC1. The summed E-state index contributed by atoms with van der Waals surface area (Å²) in [6.45, 7) is 1.05. The second-order valence-electron chi connectivity index (χ2n) is 8.21. The van der Waals surface area contributed by atoms with Crippen molar-refractivity contribution in [1.29, 1.82) is 5.26 Å². The average molecular weight is 504 g/mol. The Labute approximate surface area is 209 Å². The summed E-state index contributed by atoms with van der Waals surface area (Å²) in [5.74, 6) is 2.18. The van der Waals surface area contributed by atoms with E-state index in [1.165, 1.54) is 25.7 Å². The Kier molecular flexibility index (Phi) is 8.32. The topological polar surface area (TPSA) is 59.2 Å². The molecule has 2 aromatic carbocycles. The van der Waals surface area contributed by atoms with E-state index in [0.717, 1.165) is 28.9 Å². The van der Waals surface area contributed by atoms with Crippen LogP contribution in [0.4, 0.5) is 0 Å². The van der Waals surface area contributed by atoms with Crippen LogP contribution in [0.15, 0.2) is 42.6 Å². The van der Waals surface area contributed by atoms with E-state index < -0.39 is 0 Å². The number of nitrogens with zero attached hydrogens (tertiary/aromatic N) is 2. The number of aromatic nitrogens is 1. The summed E-state index contributed by atoms with van der Waals surface area (Å²) in [5, 5.41) is 11.0. The zero-order valence-electron chi connectivity index (χ0n) is 18.5. The molecule has 1 aliphatic carbocycles. The van der Waals surface area contributed by atoms with Crippen LogP contribution in [0.3, 0.4) is 0 Å². The maximum absolute atomic E-state index is 9.57. The van der Waals surface area contributed by atoms with Gasteiger partial charge in [-0.25, -0.2) is 0 Å². The van der Waals surface area contributed by atoms with Crippen LogP contribution in [0.5, 0.6) is 11.5 Å². The molecular weight excluding hydrogens is 477 g/mol. The molecule has 8 heteroatoms. The van der Waals surface area contributed by atoms with Gasteiger partial charge < -0.3 is 14.0 Å². The molecule has 0 aliphatic heterocycles. The average Bonchev–Trinajstić information content (AvgIpc) is 3.26. The van der Waals surface area contributed by atoms with Crippen molar-refractivity contribution in [2.75, 3.05) is 25.3 Å². The van der Waals surface area contributed by atoms with E-state index in [1.807, 2.05) is 29.0 Å². The van der Waals surface area contributed by atoms with Gasteiger partial charge in [0.2, 0.25) is 0 Å². The second-order valence-corrected chi connectivity index (χ2v) is 9.64. The van der Waals surface area contributed by atoms with Gasteiger partial charge in [0, 0.05) is 23.3 Å². The summed E-state index contributed by atoms with van der Waals surface area (Å²) in [6.07, 6.45) is 8.87. The molecule has 0 amide bonds. The summed E-state index contributed by atoms with van der Waals surface area (Å²) >= 11 is 13.8. The van der Waals surface area contributed by atoms with Crippen LogP contribution >= 0.6 is 35.1 Å². The number of hydrogen-bond donors (Lipinski definition) is 1. The fourth-order valence-corrected chi connectivity index (χ4v) is 5.27. The van der Waals surface area contributed by atoms with E-state index in [1.54, 1.807) is 24.1 Å². The van der Waals surface area contributed by atoms with Gasteiger partial charge in [0.1, 0.15) is 18.4 Å². The number of hydrogen-bond acceptors (Lipinski definition) is 5. The van der Waals surface area contributed by atoms with Crippen LogP contribution in [-0.2, 0) is 0 Å². The first-order chi connectivity index (χ1) is 16.1. The third-order valence-corrected chi connectivity index (χ3v) is 7.03. The molecule has 3 aromatic rings. The van der Waals surface area contributed by atoms with Gasteiger partial charge in [-0.15, -0.1) is 11.6 Å². The fraction of sp³-hybridized carbons (Fsp3) is 0.400. The van der Waals surface area contributed by atoms with Crippen LogP contribution in [-0.4, -0.2) is 36.0 Å². The highest BCUT2D eigenvalue weighted by molar-refractivity contribution is 7.96. The van der Waals surface area contributed by atoms with Gasteiger partial charge in [0.25, 0.3) is 0 Å². The summed E-state index contributed by atoms with van der Waals surface area (Å²) in [7, 11) is 0. The molecule has 0 atom stereocenters.